The first-order valence-corrected chi connectivity index (χ1v) is 9.19. The molecule has 0 bridgehead atoms. The van der Waals surface area contributed by atoms with Crippen LogP contribution >= 0.6 is 7.82 Å². The first-order chi connectivity index (χ1) is 11.2. The molecule has 0 aliphatic carbocycles. The van der Waals surface area contributed by atoms with Gasteiger partial charge in [-0.25, -0.2) is 4.79 Å². The molecule has 0 spiro atoms. The fourth-order valence-electron chi connectivity index (χ4n) is 1.80. The summed E-state index contributed by atoms with van der Waals surface area (Å²) in [6.45, 7) is 3.15. The molecule has 0 radical (unpaired) electrons. The molecule has 0 aromatic heterocycles. The summed E-state index contributed by atoms with van der Waals surface area (Å²) in [7, 11) is -3.11. The van der Waals surface area contributed by atoms with E-state index < -0.39 is 19.9 Å². The Kier molecular flexibility index (Phi) is 11.5. The quantitative estimate of drug-likeness (QED) is 0.370. The van der Waals surface area contributed by atoms with E-state index in [9.17, 15) is 23.8 Å². The molecular weight excluding hydrogens is 339 g/mol. The summed E-state index contributed by atoms with van der Waals surface area (Å²) in [6.07, 6.45) is 2.77. The van der Waals surface area contributed by atoms with Crippen LogP contribution in [0.25, 0.3) is 0 Å². The van der Waals surface area contributed by atoms with Gasteiger partial charge in [0.15, 0.2) is 5.78 Å². The number of urea groups is 1. The van der Waals surface area contributed by atoms with E-state index in [2.05, 4.69) is 19.7 Å². The van der Waals surface area contributed by atoms with Gasteiger partial charge in [0.25, 0.3) is 7.82 Å². The summed E-state index contributed by atoms with van der Waals surface area (Å²) in [5.74, 6) is -0.444. The maximum atomic E-state index is 11.6. The molecule has 0 aromatic rings. The Morgan fingerprint density at radius 2 is 1.79 bits per heavy atom. The molecule has 0 fully saturated rings. The average Bonchev–Trinajstić information content (AvgIpc) is 2.48. The van der Waals surface area contributed by atoms with E-state index in [1.165, 1.54) is 13.8 Å². The number of hydrogen-bond donors (Lipinski definition) is 2. The third-order valence-corrected chi connectivity index (χ3v) is 4.06. The van der Waals surface area contributed by atoms with Crippen molar-refractivity contribution >= 4 is 25.4 Å². The predicted octanol–water partition coefficient (Wildman–Crippen LogP) is 1.41. The molecule has 2 unspecified atom stereocenters. The predicted molar refractivity (Wildman–Crippen MR) is 89.6 cm³/mol. The lowest BCUT2D eigenvalue weighted by molar-refractivity contribution is -0.223. The highest BCUT2D eigenvalue weighted by atomic mass is 31.2. The topological polar surface area (TPSA) is 134 Å². The minimum absolute atomic E-state index is 0. The highest BCUT2D eigenvalue weighted by molar-refractivity contribution is 7.45. The smallest absolute Gasteiger partial charge is 0.315 e. The SMILES string of the molecule is COP(=O)([O-])OCCCCCCNC(=O)NC(CC(C)=O)C(C)=O.[HH].[HH]. The lowest BCUT2D eigenvalue weighted by Crippen LogP contribution is -2.46. The van der Waals surface area contributed by atoms with Crippen LogP contribution in [0.1, 0.15) is 48.8 Å². The van der Waals surface area contributed by atoms with Crippen LogP contribution in [0.5, 0.6) is 0 Å². The zero-order chi connectivity index (χ0) is 18.6. The van der Waals surface area contributed by atoms with Crippen molar-refractivity contribution in [2.45, 2.75) is 52.0 Å². The number of amides is 2. The van der Waals surface area contributed by atoms with E-state index in [4.69, 9.17) is 0 Å². The number of Topliss-reactive ketones (excluding diaryl/α,β-unsaturated/α-hetero) is 2. The van der Waals surface area contributed by atoms with Gasteiger partial charge in [0.05, 0.1) is 12.6 Å². The van der Waals surface area contributed by atoms with Gasteiger partial charge in [-0.15, -0.1) is 0 Å². The maximum Gasteiger partial charge on any atom is 0.315 e. The average molecular weight is 369 g/mol. The van der Waals surface area contributed by atoms with Crippen molar-refractivity contribution < 1.29 is 35.7 Å². The molecule has 9 nitrogen and oxygen atoms in total. The molecule has 2 amide bonds. The van der Waals surface area contributed by atoms with Crippen LogP contribution < -0.4 is 15.5 Å². The summed E-state index contributed by atoms with van der Waals surface area (Å²) in [5.41, 5.74) is 0. The van der Waals surface area contributed by atoms with E-state index in [0.717, 1.165) is 20.0 Å². The summed E-state index contributed by atoms with van der Waals surface area (Å²) in [4.78, 5) is 44.9. The second kappa shape index (κ2) is 12.1. The Balaban J connectivity index is -0.00000264. The lowest BCUT2D eigenvalue weighted by atomic mass is 10.1. The van der Waals surface area contributed by atoms with E-state index >= 15 is 0 Å². The molecule has 2 atom stereocenters. The van der Waals surface area contributed by atoms with Crippen LogP contribution in [0, 0.1) is 0 Å². The highest BCUT2D eigenvalue weighted by Gasteiger charge is 2.18. The van der Waals surface area contributed by atoms with Crippen LogP contribution in [0.3, 0.4) is 0 Å². The van der Waals surface area contributed by atoms with E-state index in [0.29, 0.717) is 19.4 Å². The number of nitrogens with one attached hydrogen (secondary N) is 2. The standard InChI is InChI=1S/C14H27N2O7P.2H2/c1-11(17)10-13(12(2)18)16-14(19)15-8-6-4-5-7-9-23-24(20,21)22-3;;/h13H,4-10H2,1-3H3,(H,20,21)(H2,15,16,19);2*1H/p-1. The Bertz CT molecular complexity index is 480. The van der Waals surface area contributed by atoms with Gasteiger partial charge >= 0.3 is 6.03 Å². The summed E-state index contributed by atoms with van der Waals surface area (Å²) in [5, 5.41) is 5.07. The van der Waals surface area contributed by atoms with Crippen molar-refractivity contribution in [2.75, 3.05) is 20.3 Å². The number of phosphoric acid groups is 1. The number of carbonyl (C=O) groups is 3. The molecule has 0 saturated heterocycles. The molecule has 0 aliphatic heterocycles. The minimum Gasteiger partial charge on any atom is -0.756 e. The maximum absolute atomic E-state index is 11.6. The van der Waals surface area contributed by atoms with Crippen molar-refractivity contribution in [3.8, 4) is 0 Å². The Labute approximate surface area is 145 Å². The molecule has 10 heteroatoms. The van der Waals surface area contributed by atoms with Crippen LogP contribution in [0.4, 0.5) is 4.79 Å². The molecule has 0 aliphatic rings. The Morgan fingerprint density at radius 3 is 2.33 bits per heavy atom. The summed E-state index contributed by atoms with van der Waals surface area (Å²) in [6, 6.07) is -1.30. The first kappa shape index (κ1) is 22.7. The highest BCUT2D eigenvalue weighted by Crippen LogP contribution is 2.36. The summed E-state index contributed by atoms with van der Waals surface area (Å²) >= 11 is 0. The monoisotopic (exact) mass is 369 g/mol. The normalized spacial score (nSPS) is 14.5. The van der Waals surface area contributed by atoms with Gasteiger partial charge in [0, 0.05) is 22.9 Å². The third kappa shape index (κ3) is 12.2. The largest absolute Gasteiger partial charge is 0.756 e. The minimum atomic E-state index is -4.15. The first-order valence-electron chi connectivity index (χ1n) is 7.73. The molecule has 144 valence electrons. The Hall–Kier alpha value is -1.28. The van der Waals surface area contributed by atoms with Gasteiger partial charge in [-0.05, 0) is 26.7 Å². The zero-order valence-corrected chi connectivity index (χ0v) is 15.2. The number of ketones is 2. The van der Waals surface area contributed by atoms with Gasteiger partial charge < -0.3 is 24.6 Å². The number of hydrogen-bond acceptors (Lipinski definition) is 7. The zero-order valence-electron chi connectivity index (χ0n) is 14.3. The third-order valence-electron chi connectivity index (χ3n) is 3.12. The van der Waals surface area contributed by atoms with Crippen LogP contribution in [-0.4, -0.2) is 43.9 Å². The molecule has 0 aromatic carbocycles. The fourth-order valence-corrected chi connectivity index (χ4v) is 2.26. The second-order valence-corrected chi connectivity index (χ2v) is 6.86. The van der Waals surface area contributed by atoms with E-state index in [1.807, 2.05) is 0 Å². The van der Waals surface area contributed by atoms with Crippen LogP contribution in [-0.2, 0) is 23.2 Å². The van der Waals surface area contributed by atoms with Crippen molar-refractivity contribution in [3.63, 3.8) is 0 Å². The van der Waals surface area contributed by atoms with Crippen molar-refractivity contribution in [2.24, 2.45) is 0 Å². The fraction of sp³-hybridized carbons (Fsp3) is 0.786. The van der Waals surface area contributed by atoms with Crippen LogP contribution in [0.15, 0.2) is 0 Å². The molecular formula is C14H30N2O7P-. The molecule has 24 heavy (non-hydrogen) atoms. The molecule has 0 rings (SSSR count). The number of unbranched alkanes of at least 4 members (excludes halogenated alkanes) is 3. The van der Waals surface area contributed by atoms with Crippen molar-refractivity contribution in [1.82, 2.24) is 10.6 Å². The number of carbonyl (C=O) groups excluding carboxylic acids is 3. The Morgan fingerprint density at radius 1 is 1.17 bits per heavy atom. The van der Waals surface area contributed by atoms with E-state index in [1.54, 1.807) is 0 Å². The summed E-state index contributed by atoms with van der Waals surface area (Å²) < 4.78 is 19.6. The second-order valence-electron chi connectivity index (χ2n) is 5.35. The van der Waals surface area contributed by atoms with Gasteiger partial charge in [0.2, 0.25) is 0 Å². The van der Waals surface area contributed by atoms with Gasteiger partial charge in [-0.2, -0.15) is 0 Å². The van der Waals surface area contributed by atoms with Crippen molar-refractivity contribution in [3.05, 3.63) is 0 Å². The van der Waals surface area contributed by atoms with Crippen molar-refractivity contribution in [1.29, 1.82) is 0 Å². The van der Waals surface area contributed by atoms with Gasteiger partial charge in [0.1, 0.15) is 5.78 Å². The van der Waals surface area contributed by atoms with Gasteiger partial charge in [-0.1, -0.05) is 12.8 Å². The van der Waals surface area contributed by atoms with Crippen LogP contribution in [0.2, 0.25) is 0 Å². The lowest BCUT2D eigenvalue weighted by Gasteiger charge is -2.19. The molecule has 0 heterocycles. The number of phosphoric ester groups is 1. The van der Waals surface area contributed by atoms with Gasteiger partial charge in [-0.3, -0.25) is 14.2 Å². The molecule has 2 N–H and O–H groups in total. The number of rotatable bonds is 13. The van der Waals surface area contributed by atoms with E-state index in [-0.39, 0.29) is 27.4 Å². The molecule has 0 saturated carbocycles.